The number of nitrogens with two attached hydrogens (primary N) is 1. The maximum absolute atomic E-state index is 9.88. The van der Waals surface area contributed by atoms with Crippen molar-refractivity contribution in [3.05, 3.63) is 35.9 Å². The molecule has 0 bridgehead atoms. The van der Waals surface area contributed by atoms with E-state index in [2.05, 4.69) is 9.38 Å². The summed E-state index contributed by atoms with van der Waals surface area (Å²) < 4.78 is 2.10. The van der Waals surface area contributed by atoms with E-state index in [1.807, 2.05) is 24.5 Å². The standard InChI is InChI=1S/C13H17N3O/c14-7-12(17)10-5-2-6-16-11(10)8-15-13(16)9-3-1-4-9/h2,5-6,8-9,12,17H,1,3-4,7,14H2. The number of aromatic nitrogens is 2. The fourth-order valence-electron chi connectivity index (χ4n) is 2.44. The van der Waals surface area contributed by atoms with Gasteiger partial charge in [0.15, 0.2) is 0 Å². The van der Waals surface area contributed by atoms with Gasteiger partial charge in [0.05, 0.1) is 17.8 Å². The molecule has 3 N–H and O–H groups in total. The third-order valence-electron chi connectivity index (χ3n) is 3.68. The number of hydrogen-bond acceptors (Lipinski definition) is 3. The summed E-state index contributed by atoms with van der Waals surface area (Å²) >= 11 is 0. The largest absolute Gasteiger partial charge is 0.387 e. The molecule has 17 heavy (non-hydrogen) atoms. The maximum Gasteiger partial charge on any atom is 0.116 e. The highest BCUT2D eigenvalue weighted by Gasteiger charge is 2.24. The summed E-state index contributed by atoms with van der Waals surface area (Å²) in [6, 6.07) is 3.87. The SMILES string of the molecule is NCC(O)c1cccn2c(C3CCC3)ncc12. The lowest BCUT2D eigenvalue weighted by atomic mass is 9.85. The number of pyridine rings is 1. The molecule has 4 nitrogen and oxygen atoms in total. The average molecular weight is 231 g/mol. The van der Waals surface area contributed by atoms with Crippen molar-refractivity contribution in [1.82, 2.24) is 9.38 Å². The molecule has 1 fully saturated rings. The molecule has 1 aliphatic rings. The average Bonchev–Trinajstić information content (AvgIpc) is 2.70. The Balaban J connectivity index is 2.11. The Morgan fingerprint density at radius 1 is 1.53 bits per heavy atom. The van der Waals surface area contributed by atoms with Gasteiger partial charge in [0.2, 0.25) is 0 Å². The lowest BCUT2D eigenvalue weighted by Gasteiger charge is -2.24. The highest BCUT2D eigenvalue weighted by atomic mass is 16.3. The molecule has 0 amide bonds. The Kier molecular flexibility index (Phi) is 2.61. The van der Waals surface area contributed by atoms with Gasteiger partial charge in [0.1, 0.15) is 5.82 Å². The number of hydrogen-bond donors (Lipinski definition) is 2. The van der Waals surface area contributed by atoms with Gasteiger partial charge in [-0.05, 0) is 18.9 Å². The topological polar surface area (TPSA) is 63.5 Å². The summed E-state index contributed by atoms with van der Waals surface area (Å²) in [7, 11) is 0. The number of aliphatic hydroxyl groups excluding tert-OH is 1. The molecule has 1 atom stereocenters. The van der Waals surface area contributed by atoms with E-state index in [1.54, 1.807) is 0 Å². The van der Waals surface area contributed by atoms with Crippen LogP contribution >= 0.6 is 0 Å². The van der Waals surface area contributed by atoms with Crippen LogP contribution in [-0.2, 0) is 0 Å². The Morgan fingerprint density at radius 2 is 2.35 bits per heavy atom. The van der Waals surface area contributed by atoms with Crippen molar-refractivity contribution >= 4 is 5.52 Å². The molecule has 2 aromatic heterocycles. The van der Waals surface area contributed by atoms with Crippen molar-refractivity contribution in [2.24, 2.45) is 5.73 Å². The lowest BCUT2D eigenvalue weighted by molar-refractivity contribution is 0.188. The minimum Gasteiger partial charge on any atom is -0.387 e. The fourth-order valence-corrected chi connectivity index (χ4v) is 2.44. The molecule has 0 saturated heterocycles. The zero-order valence-electron chi connectivity index (χ0n) is 9.71. The van der Waals surface area contributed by atoms with Crippen molar-refractivity contribution in [2.75, 3.05) is 6.54 Å². The van der Waals surface area contributed by atoms with Gasteiger partial charge in [0, 0.05) is 24.2 Å². The smallest absolute Gasteiger partial charge is 0.116 e. The van der Waals surface area contributed by atoms with Crippen molar-refractivity contribution in [3.63, 3.8) is 0 Å². The van der Waals surface area contributed by atoms with Crippen LogP contribution in [0.15, 0.2) is 24.5 Å². The first-order valence-corrected chi connectivity index (χ1v) is 6.15. The minimum absolute atomic E-state index is 0.240. The molecule has 1 aliphatic carbocycles. The molecule has 2 heterocycles. The van der Waals surface area contributed by atoms with Crippen LogP contribution in [0.4, 0.5) is 0 Å². The van der Waals surface area contributed by atoms with Gasteiger partial charge < -0.3 is 15.2 Å². The van der Waals surface area contributed by atoms with Gasteiger partial charge in [-0.25, -0.2) is 4.98 Å². The third-order valence-corrected chi connectivity index (χ3v) is 3.68. The van der Waals surface area contributed by atoms with Crippen molar-refractivity contribution in [3.8, 4) is 0 Å². The second-order valence-corrected chi connectivity index (χ2v) is 4.71. The van der Waals surface area contributed by atoms with Crippen LogP contribution < -0.4 is 5.73 Å². The first-order chi connectivity index (χ1) is 8.31. The van der Waals surface area contributed by atoms with Crippen LogP contribution in [0, 0.1) is 0 Å². The molecule has 0 aliphatic heterocycles. The summed E-state index contributed by atoms with van der Waals surface area (Å²) in [6.07, 6.45) is 7.01. The van der Waals surface area contributed by atoms with Gasteiger partial charge in [-0.15, -0.1) is 0 Å². The number of imidazole rings is 1. The molecule has 1 unspecified atom stereocenters. The van der Waals surface area contributed by atoms with E-state index >= 15 is 0 Å². The van der Waals surface area contributed by atoms with Crippen molar-refractivity contribution in [1.29, 1.82) is 0 Å². The summed E-state index contributed by atoms with van der Waals surface area (Å²) in [4.78, 5) is 4.51. The van der Waals surface area contributed by atoms with Crippen LogP contribution in [-0.4, -0.2) is 21.0 Å². The predicted octanol–water partition coefficient (Wildman–Crippen LogP) is 1.59. The molecule has 4 heteroatoms. The molecular weight excluding hydrogens is 214 g/mol. The highest BCUT2D eigenvalue weighted by Crippen LogP contribution is 2.36. The van der Waals surface area contributed by atoms with Gasteiger partial charge in [-0.1, -0.05) is 12.5 Å². The number of fused-ring (bicyclic) bond motifs is 1. The molecular formula is C13H17N3O. The van der Waals surface area contributed by atoms with Crippen LogP contribution in [0.5, 0.6) is 0 Å². The van der Waals surface area contributed by atoms with E-state index in [1.165, 1.54) is 19.3 Å². The Bertz CT molecular complexity index is 530. The number of aliphatic hydroxyl groups is 1. The predicted molar refractivity (Wildman–Crippen MR) is 65.8 cm³/mol. The molecule has 90 valence electrons. The number of rotatable bonds is 3. The summed E-state index contributed by atoms with van der Waals surface area (Å²) in [5.41, 5.74) is 7.37. The quantitative estimate of drug-likeness (QED) is 0.843. The molecule has 2 aromatic rings. The molecule has 0 radical (unpaired) electrons. The van der Waals surface area contributed by atoms with E-state index < -0.39 is 6.10 Å². The Hall–Kier alpha value is -1.39. The summed E-state index contributed by atoms with van der Waals surface area (Å²) in [6.45, 7) is 0.240. The van der Waals surface area contributed by atoms with Crippen LogP contribution in [0.25, 0.3) is 5.52 Å². The first kappa shape index (κ1) is 10.7. The van der Waals surface area contributed by atoms with E-state index in [4.69, 9.17) is 5.73 Å². The summed E-state index contributed by atoms with van der Waals surface area (Å²) in [5.74, 6) is 1.71. The highest BCUT2D eigenvalue weighted by molar-refractivity contribution is 5.55. The van der Waals surface area contributed by atoms with E-state index in [9.17, 15) is 5.11 Å². The fraction of sp³-hybridized carbons (Fsp3) is 0.462. The van der Waals surface area contributed by atoms with Crippen molar-refractivity contribution < 1.29 is 5.11 Å². The molecule has 0 aromatic carbocycles. The molecule has 3 rings (SSSR count). The van der Waals surface area contributed by atoms with Gasteiger partial charge in [0.25, 0.3) is 0 Å². The zero-order valence-corrected chi connectivity index (χ0v) is 9.71. The van der Waals surface area contributed by atoms with Crippen molar-refractivity contribution in [2.45, 2.75) is 31.3 Å². The van der Waals surface area contributed by atoms with E-state index in [0.717, 1.165) is 16.9 Å². The summed E-state index contributed by atoms with van der Waals surface area (Å²) in [5, 5.41) is 9.88. The minimum atomic E-state index is -0.607. The van der Waals surface area contributed by atoms with Gasteiger partial charge in [-0.3, -0.25) is 0 Å². The van der Waals surface area contributed by atoms with Gasteiger partial charge in [-0.2, -0.15) is 0 Å². The van der Waals surface area contributed by atoms with Crippen LogP contribution in [0.3, 0.4) is 0 Å². The normalized spacial score (nSPS) is 18.2. The zero-order chi connectivity index (χ0) is 11.8. The second kappa shape index (κ2) is 4.13. The van der Waals surface area contributed by atoms with Crippen LogP contribution in [0.2, 0.25) is 0 Å². The maximum atomic E-state index is 9.88. The number of nitrogens with zero attached hydrogens (tertiary/aromatic N) is 2. The second-order valence-electron chi connectivity index (χ2n) is 4.71. The van der Waals surface area contributed by atoms with Gasteiger partial charge >= 0.3 is 0 Å². The molecule has 1 saturated carbocycles. The first-order valence-electron chi connectivity index (χ1n) is 6.15. The Labute approximate surface area is 100 Å². The Morgan fingerprint density at radius 3 is 3.00 bits per heavy atom. The van der Waals surface area contributed by atoms with Crippen LogP contribution in [0.1, 0.15) is 42.7 Å². The lowest BCUT2D eigenvalue weighted by Crippen LogP contribution is -2.14. The monoisotopic (exact) mass is 231 g/mol. The third kappa shape index (κ3) is 1.64. The molecule has 0 spiro atoms. The van der Waals surface area contributed by atoms with E-state index in [0.29, 0.717) is 5.92 Å². The van der Waals surface area contributed by atoms with E-state index in [-0.39, 0.29) is 6.54 Å².